The highest BCUT2D eigenvalue weighted by molar-refractivity contribution is 6.00. The van der Waals surface area contributed by atoms with Gasteiger partial charge in [0.25, 0.3) is 11.5 Å². The quantitative estimate of drug-likeness (QED) is 0.511. The van der Waals surface area contributed by atoms with Crippen LogP contribution in [0.2, 0.25) is 0 Å². The number of nitrogens with zero attached hydrogens (tertiary/aromatic N) is 1. The summed E-state index contributed by atoms with van der Waals surface area (Å²) in [6.45, 7) is 5.61. The van der Waals surface area contributed by atoms with E-state index in [-0.39, 0.29) is 30.1 Å². The van der Waals surface area contributed by atoms with E-state index in [0.717, 1.165) is 12.1 Å². The Morgan fingerprint density at radius 1 is 1.12 bits per heavy atom. The number of halogens is 4. The van der Waals surface area contributed by atoms with Crippen molar-refractivity contribution in [2.24, 2.45) is 5.92 Å². The second-order valence-electron chi connectivity index (χ2n) is 8.18. The maximum absolute atomic E-state index is 13.4. The molecule has 0 saturated heterocycles. The van der Waals surface area contributed by atoms with Crippen molar-refractivity contribution in [2.45, 2.75) is 46.5 Å². The van der Waals surface area contributed by atoms with Gasteiger partial charge in [-0.15, -0.1) is 0 Å². The van der Waals surface area contributed by atoms with Gasteiger partial charge in [-0.3, -0.25) is 9.59 Å². The van der Waals surface area contributed by atoms with E-state index in [1.54, 1.807) is 13.0 Å². The molecular weight excluding hydrogens is 424 g/mol. The number of aromatic nitrogens is 1. The Labute approximate surface area is 182 Å². The molecule has 1 aromatic heterocycles. The van der Waals surface area contributed by atoms with Gasteiger partial charge in [-0.1, -0.05) is 32.0 Å². The number of carbonyl (C=O) groups is 1. The summed E-state index contributed by atoms with van der Waals surface area (Å²) in [5.74, 6) is -0.902. The summed E-state index contributed by atoms with van der Waals surface area (Å²) in [5, 5.41) is 3.02. The molecule has 0 aliphatic carbocycles. The summed E-state index contributed by atoms with van der Waals surface area (Å²) >= 11 is 0. The second-order valence-corrected chi connectivity index (χ2v) is 8.18. The van der Waals surface area contributed by atoms with Gasteiger partial charge in [0, 0.05) is 18.5 Å². The molecule has 170 valence electrons. The maximum atomic E-state index is 13.4. The van der Waals surface area contributed by atoms with E-state index in [1.807, 2.05) is 13.8 Å². The second kappa shape index (κ2) is 9.14. The highest BCUT2D eigenvalue weighted by atomic mass is 19.4. The molecule has 0 fully saturated rings. The van der Waals surface area contributed by atoms with E-state index >= 15 is 0 Å². The molecule has 0 aliphatic rings. The number of nitrogens with one attached hydrogen (secondary N) is 1. The molecule has 2 aromatic carbocycles. The van der Waals surface area contributed by atoms with Gasteiger partial charge in [0.05, 0.1) is 11.1 Å². The van der Waals surface area contributed by atoms with E-state index in [0.29, 0.717) is 22.9 Å². The van der Waals surface area contributed by atoms with Gasteiger partial charge in [0.1, 0.15) is 11.4 Å². The Hall–Kier alpha value is -3.16. The minimum atomic E-state index is -4.55. The summed E-state index contributed by atoms with van der Waals surface area (Å²) < 4.78 is 54.5. The van der Waals surface area contributed by atoms with Crippen LogP contribution >= 0.6 is 0 Å². The predicted molar refractivity (Wildman–Crippen MR) is 115 cm³/mol. The molecule has 1 amide bonds. The highest BCUT2D eigenvalue weighted by Crippen LogP contribution is 2.32. The molecule has 0 saturated carbocycles. The van der Waals surface area contributed by atoms with E-state index in [9.17, 15) is 27.2 Å². The van der Waals surface area contributed by atoms with Crippen molar-refractivity contribution in [3.63, 3.8) is 0 Å². The van der Waals surface area contributed by atoms with Crippen LogP contribution in [0.15, 0.2) is 47.3 Å². The molecule has 0 unspecified atom stereocenters. The summed E-state index contributed by atoms with van der Waals surface area (Å²) in [6.07, 6.45) is -4.00. The Morgan fingerprint density at radius 3 is 2.47 bits per heavy atom. The van der Waals surface area contributed by atoms with Crippen LogP contribution in [0.3, 0.4) is 0 Å². The summed E-state index contributed by atoms with van der Waals surface area (Å²) in [4.78, 5) is 26.2. The number of hydrogen-bond donors (Lipinski definition) is 1. The molecule has 0 radical (unpaired) electrons. The third-order valence-corrected chi connectivity index (χ3v) is 5.35. The molecule has 0 aliphatic heterocycles. The zero-order valence-corrected chi connectivity index (χ0v) is 18.0. The zero-order valence-electron chi connectivity index (χ0n) is 18.0. The van der Waals surface area contributed by atoms with E-state index in [1.165, 1.54) is 28.8 Å². The highest BCUT2D eigenvalue weighted by Gasteiger charge is 2.31. The van der Waals surface area contributed by atoms with Gasteiger partial charge >= 0.3 is 6.18 Å². The number of carbonyl (C=O) groups excluding carboxylic acids is 1. The molecule has 8 heteroatoms. The Bertz CT molecular complexity index is 1210. The van der Waals surface area contributed by atoms with E-state index < -0.39 is 29.0 Å². The van der Waals surface area contributed by atoms with Crippen molar-refractivity contribution >= 4 is 16.8 Å². The van der Waals surface area contributed by atoms with Gasteiger partial charge in [0.15, 0.2) is 0 Å². The number of amides is 1. The van der Waals surface area contributed by atoms with Crippen molar-refractivity contribution in [2.75, 3.05) is 0 Å². The zero-order chi connectivity index (χ0) is 23.6. The lowest BCUT2D eigenvalue weighted by atomic mass is 10.0. The normalized spacial score (nSPS) is 11.9. The molecule has 1 heterocycles. The fourth-order valence-electron chi connectivity index (χ4n) is 3.58. The monoisotopic (exact) mass is 448 g/mol. The van der Waals surface area contributed by atoms with Gasteiger partial charge in [-0.25, -0.2) is 4.39 Å². The van der Waals surface area contributed by atoms with Crippen LogP contribution in [0.4, 0.5) is 17.6 Å². The largest absolute Gasteiger partial charge is 0.416 e. The first-order valence-electron chi connectivity index (χ1n) is 10.3. The Morgan fingerprint density at radius 2 is 1.84 bits per heavy atom. The Kier molecular flexibility index (Phi) is 6.71. The van der Waals surface area contributed by atoms with Crippen LogP contribution in [0.5, 0.6) is 0 Å². The first-order chi connectivity index (χ1) is 15.0. The van der Waals surface area contributed by atoms with Crippen molar-refractivity contribution in [1.82, 2.24) is 9.88 Å². The molecule has 32 heavy (non-hydrogen) atoms. The lowest BCUT2D eigenvalue weighted by Gasteiger charge is -2.18. The van der Waals surface area contributed by atoms with Gasteiger partial charge < -0.3 is 9.88 Å². The van der Waals surface area contributed by atoms with Crippen LogP contribution in [0, 0.1) is 18.7 Å². The third-order valence-electron chi connectivity index (χ3n) is 5.35. The molecule has 0 spiro atoms. The molecule has 4 nitrogen and oxygen atoms in total. The summed E-state index contributed by atoms with van der Waals surface area (Å²) in [6, 6.07) is 8.89. The van der Waals surface area contributed by atoms with Crippen molar-refractivity contribution in [1.29, 1.82) is 0 Å². The molecule has 1 N–H and O–H groups in total. The fourth-order valence-corrected chi connectivity index (χ4v) is 3.58. The average molecular weight is 448 g/mol. The van der Waals surface area contributed by atoms with Gasteiger partial charge in [-0.2, -0.15) is 13.2 Å². The number of hydrogen-bond acceptors (Lipinski definition) is 2. The minimum absolute atomic E-state index is 0.00646. The Balaban J connectivity index is 2.09. The lowest BCUT2D eigenvalue weighted by molar-refractivity contribution is -0.137. The third kappa shape index (κ3) is 5.00. The maximum Gasteiger partial charge on any atom is 0.416 e. The van der Waals surface area contributed by atoms with Crippen molar-refractivity contribution < 1.29 is 22.4 Å². The minimum Gasteiger partial charge on any atom is -0.348 e. The summed E-state index contributed by atoms with van der Waals surface area (Å²) in [5.41, 5.74) is -0.665. The number of alkyl halides is 3. The van der Waals surface area contributed by atoms with Crippen LogP contribution in [-0.2, 0) is 19.3 Å². The molecule has 3 rings (SSSR count). The van der Waals surface area contributed by atoms with E-state index in [4.69, 9.17) is 0 Å². The fraction of sp³-hybridized carbons (Fsp3) is 0.333. The number of fused-ring (bicyclic) bond motifs is 1. The van der Waals surface area contributed by atoms with Crippen LogP contribution in [0.25, 0.3) is 10.9 Å². The number of benzene rings is 2. The van der Waals surface area contributed by atoms with Crippen LogP contribution in [-0.4, -0.2) is 10.5 Å². The van der Waals surface area contributed by atoms with Crippen LogP contribution < -0.4 is 10.9 Å². The number of aryl methyl sites for hydroxylation is 2. The van der Waals surface area contributed by atoms with E-state index in [2.05, 4.69) is 5.32 Å². The topological polar surface area (TPSA) is 51.1 Å². The molecule has 0 atom stereocenters. The summed E-state index contributed by atoms with van der Waals surface area (Å²) in [7, 11) is 0. The SMILES string of the molecule is Cc1c(C(=O)NCc2cccc(F)c2)c(=O)n(CCC(C)C)c2cc(C(F)(F)F)ccc12. The number of pyridine rings is 1. The first-order valence-corrected chi connectivity index (χ1v) is 10.3. The average Bonchev–Trinajstić information content (AvgIpc) is 2.71. The van der Waals surface area contributed by atoms with Crippen LogP contribution in [0.1, 0.15) is 47.3 Å². The molecular formula is C24H24F4N2O2. The first kappa shape index (κ1) is 23.5. The smallest absolute Gasteiger partial charge is 0.348 e. The lowest BCUT2D eigenvalue weighted by Crippen LogP contribution is -2.34. The predicted octanol–water partition coefficient (Wildman–Crippen LogP) is 5.44. The standard InChI is InChI=1S/C24H24F4N2O2/c1-14(2)9-10-30-20-12-17(24(26,27)28)7-8-19(20)15(3)21(23(30)32)22(31)29-13-16-5-4-6-18(25)11-16/h4-8,11-12,14H,9-10,13H2,1-3H3,(H,29,31). The molecule has 0 bridgehead atoms. The van der Waals surface area contributed by atoms with Crippen molar-refractivity contribution in [3.8, 4) is 0 Å². The number of rotatable bonds is 6. The van der Waals surface area contributed by atoms with Gasteiger partial charge in [0.2, 0.25) is 0 Å². The van der Waals surface area contributed by atoms with Crippen molar-refractivity contribution in [3.05, 3.63) is 80.9 Å². The molecule has 3 aromatic rings. The van der Waals surface area contributed by atoms with Gasteiger partial charge in [-0.05, 0) is 54.7 Å².